The molecule has 0 aromatic heterocycles. The molecule has 47 heavy (non-hydrogen) atoms. The molecule has 0 radical (unpaired) electrons. The minimum atomic E-state index is -2.60. The Kier molecular flexibility index (Phi) is 12.1. The van der Waals surface area contributed by atoms with Crippen molar-refractivity contribution < 1.29 is 63.0 Å². The van der Waals surface area contributed by atoms with Crippen LogP contribution in [0.15, 0.2) is 22.8 Å². The molecule has 0 aromatic carbocycles. The first-order valence-corrected chi connectivity index (χ1v) is 16.4. The van der Waals surface area contributed by atoms with Gasteiger partial charge in [-0.15, -0.1) is 0 Å². The van der Waals surface area contributed by atoms with Gasteiger partial charge in [0.1, 0.15) is 11.7 Å². The highest BCUT2D eigenvalue weighted by Crippen LogP contribution is 2.57. The van der Waals surface area contributed by atoms with Crippen LogP contribution in [0.2, 0.25) is 0 Å². The van der Waals surface area contributed by atoms with E-state index in [0.717, 1.165) is 13.8 Å². The van der Waals surface area contributed by atoms with Crippen LogP contribution in [-0.2, 0) is 47.7 Å². The van der Waals surface area contributed by atoms with Crippen LogP contribution in [0.4, 0.5) is 0 Å². The molecule has 3 N–H and O–H groups in total. The van der Waals surface area contributed by atoms with Gasteiger partial charge < -0.3 is 39.0 Å². The van der Waals surface area contributed by atoms with Gasteiger partial charge in [-0.05, 0) is 71.4 Å². The lowest BCUT2D eigenvalue weighted by Gasteiger charge is -2.41. The maximum absolute atomic E-state index is 13.4. The SMILES string of the molecule is C/C=C(/C)C(=O)O[C@H]1C(C)=C2[C@H]([C@@H]1OC(=O)CCCC[C@@H](O)CC)[C@@](C)(OC(C)=O)C[C@H](OC(=O)CCC)[C@@]1(O)[C@H]2OC(=O)[C@@]1(C)O. The van der Waals surface area contributed by atoms with Gasteiger partial charge in [-0.2, -0.15) is 0 Å². The first-order chi connectivity index (χ1) is 21.9. The van der Waals surface area contributed by atoms with Crippen molar-refractivity contribution in [1.82, 2.24) is 0 Å². The molecule has 1 saturated carbocycles. The summed E-state index contributed by atoms with van der Waals surface area (Å²) in [6, 6.07) is 0. The zero-order valence-corrected chi connectivity index (χ0v) is 28.6. The van der Waals surface area contributed by atoms with Gasteiger partial charge in [0, 0.05) is 31.8 Å². The summed E-state index contributed by atoms with van der Waals surface area (Å²) in [4.78, 5) is 65.1. The van der Waals surface area contributed by atoms with E-state index in [-0.39, 0.29) is 29.6 Å². The third-order valence-corrected chi connectivity index (χ3v) is 9.67. The number of ether oxygens (including phenoxy) is 5. The van der Waals surface area contributed by atoms with E-state index in [1.807, 2.05) is 6.92 Å². The highest BCUT2D eigenvalue weighted by Gasteiger charge is 2.76. The highest BCUT2D eigenvalue weighted by atomic mass is 16.6. The van der Waals surface area contributed by atoms with Crippen LogP contribution in [-0.4, -0.2) is 92.5 Å². The van der Waals surface area contributed by atoms with Gasteiger partial charge >= 0.3 is 29.8 Å². The molecule has 0 spiro atoms. The molecule has 13 heteroatoms. The van der Waals surface area contributed by atoms with E-state index in [4.69, 9.17) is 23.7 Å². The number of unbranched alkanes of at least 4 members (excludes halogenated alkanes) is 1. The summed E-state index contributed by atoms with van der Waals surface area (Å²) in [6.45, 7) is 12.0. The number of aliphatic hydroxyl groups is 3. The Bertz CT molecular complexity index is 1300. The monoisotopic (exact) mass is 666 g/mol. The molecule has 0 unspecified atom stereocenters. The molecule has 1 heterocycles. The van der Waals surface area contributed by atoms with Crippen molar-refractivity contribution in [2.75, 3.05) is 0 Å². The lowest BCUT2D eigenvalue weighted by molar-refractivity contribution is -0.212. The smallest absolute Gasteiger partial charge is 0.341 e. The largest absolute Gasteiger partial charge is 0.459 e. The van der Waals surface area contributed by atoms with Crippen molar-refractivity contribution >= 4 is 29.8 Å². The summed E-state index contributed by atoms with van der Waals surface area (Å²) >= 11 is 0. The summed E-state index contributed by atoms with van der Waals surface area (Å²) in [7, 11) is 0. The van der Waals surface area contributed by atoms with Crippen LogP contribution in [0.5, 0.6) is 0 Å². The van der Waals surface area contributed by atoms with Crippen molar-refractivity contribution in [3.63, 3.8) is 0 Å². The van der Waals surface area contributed by atoms with Gasteiger partial charge in [0.2, 0.25) is 0 Å². The molecule has 13 nitrogen and oxygen atoms in total. The molecule has 0 bridgehead atoms. The average Bonchev–Trinajstić information content (AvgIpc) is 3.32. The normalized spacial score (nSPS) is 34.1. The summed E-state index contributed by atoms with van der Waals surface area (Å²) in [5.74, 6) is -5.25. The maximum atomic E-state index is 13.4. The summed E-state index contributed by atoms with van der Waals surface area (Å²) < 4.78 is 29.2. The molecule has 264 valence electrons. The predicted molar refractivity (Wildman–Crippen MR) is 165 cm³/mol. The number of rotatable bonds is 13. The van der Waals surface area contributed by atoms with Crippen molar-refractivity contribution in [2.45, 2.75) is 154 Å². The summed E-state index contributed by atoms with van der Waals surface area (Å²) in [6.07, 6.45) is -2.96. The molecular formula is C34H50O13. The Morgan fingerprint density at radius 3 is 2.23 bits per heavy atom. The van der Waals surface area contributed by atoms with Gasteiger partial charge in [0.15, 0.2) is 29.5 Å². The van der Waals surface area contributed by atoms with Gasteiger partial charge in [-0.25, -0.2) is 9.59 Å². The Hall–Kier alpha value is -3.29. The van der Waals surface area contributed by atoms with Crippen molar-refractivity contribution in [2.24, 2.45) is 5.92 Å². The molecule has 2 aliphatic carbocycles. The van der Waals surface area contributed by atoms with Crippen molar-refractivity contribution in [1.29, 1.82) is 0 Å². The molecular weight excluding hydrogens is 616 g/mol. The number of carbonyl (C=O) groups is 5. The van der Waals surface area contributed by atoms with Crippen LogP contribution >= 0.6 is 0 Å². The van der Waals surface area contributed by atoms with E-state index >= 15 is 0 Å². The third-order valence-electron chi connectivity index (χ3n) is 9.67. The minimum Gasteiger partial charge on any atom is -0.459 e. The molecule has 3 rings (SSSR count). The quantitative estimate of drug-likeness (QED) is 0.0855. The topological polar surface area (TPSA) is 192 Å². The number of aliphatic hydroxyl groups excluding tert-OH is 1. The van der Waals surface area contributed by atoms with Crippen LogP contribution in [0.25, 0.3) is 0 Å². The van der Waals surface area contributed by atoms with Crippen LogP contribution in [0, 0.1) is 5.92 Å². The van der Waals surface area contributed by atoms with Gasteiger partial charge in [-0.3, -0.25) is 14.4 Å². The van der Waals surface area contributed by atoms with E-state index in [0.29, 0.717) is 32.1 Å². The number of fused-ring (bicyclic) bond motifs is 3. The van der Waals surface area contributed by atoms with Crippen molar-refractivity contribution in [3.05, 3.63) is 22.8 Å². The fraction of sp³-hybridized carbons (Fsp3) is 0.735. The Balaban J connectivity index is 2.21. The van der Waals surface area contributed by atoms with Crippen molar-refractivity contribution in [3.8, 4) is 0 Å². The lowest BCUT2D eigenvalue weighted by atomic mass is 9.75. The average molecular weight is 667 g/mol. The highest BCUT2D eigenvalue weighted by molar-refractivity contribution is 5.88. The molecule has 0 aromatic rings. The van der Waals surface area contributed by atoms with Gasteiger partial charge in [0.05, 0.1) is 12.0 Å². The lowest BCUT2D eigenvalue weighted by Crippen LogP contribution is -2.64. The minimum absolute atomic E-state index is 0.0402. The zero-order chi connectivity index (χ0) is 35.5. The molecule has 1 aliphatic heterocycles. The fourth-order valence-corrected chi connectivity index (χ4v) is 6.88. The zero-order valence-electron chi connectivity index (χ0n) is 28.6. The summed E-state index contributed by atoms with van der Waals surface area (Å²) in [5.41, 5.74) is -6.30. The standard InChI is InChI=1S/C34H50O13/c1-9-14-23(37)43-22-17-32(7,47-20(6)35)26-25(29-34(22,42)33(8,41)31(40)46-29)19(5)27(45-30(39)18(4)10-2)28(26)44-24(38)16-13-12-15-21(36)11-3/h10,21-22,26-29,36,41-42H,9,11-17H2,1-8H3/b18-10-/t21-,22-,26+,27-,28-,29-,32-,33+,34+/m0/s1. The second-order valence-corrected chi connectivity index (χ2v) is 13.2. The molecule has 3 aliphatic rings. The number of hydrogen-bond donors (Lipinski definition) is 3. The number of allylic oxidation sites excluding steroid dienone is 1. The Labute approximate surface area is 275 Å². The van der Waals surface area contributed by atoms with Gasteiger partial charge in [-0.1, -0.05) is 26.3 Å². The van der Waals surface area contributed by atoms with E-state index in [9.17, 15) is 39.3 Å². The fourth-order valence-electron chi connectivity index (χ4n) is 6.88. The molecule has 9 atom stereocenters. The number of hydrogen-bond acceptors (Lipinski definition) is 13. The maximum Gasteiger partial charge on any atom is 0.341 e. The van der Waals surface area contributed by atoms with E-state index in [2.05, 4.69) is 0 Å². The molecule has 0 amide bonds. The second-order valence-electron chi connectivity index (χ2n) is 13.2. The van der Waals surface area contributed by atoms with E-state index < -0.39 is 89.5 Å². The molecule has 2 fully saturated rings. The summed E-state index contributed by atoms with van der Waals surface area (Å²) in [5, 5.41) is 33.7. The predicted octanol–water partition coefficient (Wildman–Crippen LogP) is 2.90. The van der Waals surface area contributed by atoms with Gasteiger partial charge in [0.25, 0.3) is 0 Å². The van der Waals surface area contributed by atoms with E-state index in [1.165, 1.54) is 19.9 Å². The number of carbonyl (C=O) groups excluding carboxylic acids is 5. The molecule has 1 saturated heterocycles. The third kappa shape index (κ3) is 7.41. The first kappa shape index (κ1) is 38.2. The van der Waals surface area contributed by atoms with Crippen LogP contribution < -0.4 is 0 Å². The second kappa shape index (κ2) is 14.9. The first-order valence-electron chi connectivity index (χ1n) is 16.4. The van der Waals surface area contributed by atoms with Crippen LogP contribution in [0.1, 0.15) is 107 Å². The number of esters is 5. The Morgan fingerprint density at radius 2 is 1.66 bits per heavy atom. The Morgan fingerprint density at radius 1 is 1.02 bits per heavy atom. The van der Waals surface area contributed by atoms with Crippen LogP contribution in [0.3, 0.4) is 0 Å². The van der Waals surface area contributed by atoms with E-state index in [1.54, 1.807) is 20.8 Å².